The molecule has 2 N–H and O–H groups in total. The maximum absolute atomic E-state index is 12.6. The van der Waals surface area contributed by atoms with Crippen molar-refractivity contribution in [3.63, 3.8) is 0 Å². The minimum absolute atomic E-state index is 0.0688. The maximum Gasteiger partial charge on any atom is 0.210 e. The van der Waals surface area contributed by atoms with Crippen LogP contribution in [-0.4, -0.2) is 37.0 Å². The second-order valence-corrected chi connectivity index (χ2v) is 9.10. The van der Waals surface area contributed by atoms with Crippen molar-refractivity contribution < 1.29 is 13.5 Å². The average Bonchev–Trinajstić information content (AvgIpc) is 3.04. The zero-order valence-corrected chi connectivity index (χ0v) is 15.6. The number of rotatable bonds is 7. The molecule has 8 heteroatoms. The topological polar surface area (TPSA) is 79.3 Å². The van der Waals surface area contributed by atoms with Gasteiger partial charge in [0.05, 0.1) is 28.0 Å². The van der Waals surface area contributed by atoms with Crippen molar-refractivity contribution in [1.82, 2.24) is 4.98 Å². The SMILES string of the molecule is O=S(=O)(Cc1ccccc1)c1nc2ccc(NCC(O)CCl)cc2s1. The van der Waals surface area contributed by atoms with Gasteiger partial charge in [0.25, 0.3) is 0 Å². The number of nitrogens with zero attached hydrogens (tertiary/aromatic N) is 1. The summed E-state index contributed by atoms with van der Waals surface area (Å²) in [7, 11) is -3.49. The number of nitrogens with one attached hydrogen (secondary N) is 1. The van der Waals surface area contributed by atoms with E-state index in [9.17, 15) is 13.5 Å². The molecule has 1 aromatic heterocycles. The largest absolute Gasteiger partial charge is 0.390 e. The molecule has 0 aliphatic rings. The Kier molecular flexibility index (Phi) is 5.58. The zero-order valence-electron chi connectivity index (χ0n) is 13.2. The Morgan fingerprint density at radius 3 is 2.68 bits per heavy atom. The number of hydrogen-bond donors (Lipinski definition) is 2. The zero-order chi connectivity index (χ0) is 17.9. The van der Waals surface area contributed by atoms with Gasteiger partial charge in [-0.15, -0.1) is 22.9 Å². The van der Waals surface area contributed by atoms with Crippen LogP contribution in [0.4, 0.5) is 5.69 Å². The maximum atomic E-state index is 12.6. The molecule has 0 radical (unpaired) electrons. The minimum Gasteiger partial charge on any atom is -0.390 e. The fraction of sp³-hybridized carbons (Fsp3) is 0.235. The van der Waals surface area contributed by atoms with Crippen LogP contribution in [0.1, 0.15) is 5.56 Å². The smallest absolute Gasteiger partial charge is 0.210 e. The molecule has 0 aliphatic carbocycles. The fourth-order valence-electron chi connectivity index (χ4n) is 2.29. The van der Waals surface area contributed by atoms with Gasteiger partial charge in [-0.2, -0.15) is 0 Å². The third kappa shape index (κ3) is 4.49. The number of fused-ring (bicyclic) bond motifs is 1. The summed E-state index contributed by atoms with van der Waals surface area (Å²) in [5.41, 5.74) is 2.16. The molecule has 0 saturated carbocycles. The molecule has 0 aliphatic heterocycles. The van der Waals surface area contributed by atoms with E-state index in [1.807, 2.05) is 24.3 Å². The molecule has 1 atom stereocenters. The molecule has 0 fully saturated rings. The molecular weight excluding hydrogens is 380 g/mol. The molecule has 2 aromatic carbocycles. The molecule has 0 amide bonds. The normalized spacial score (nSPS) is 13.0. The lowest BCUT2D eigenvalue weighted by Gasteiger charge is -2.09. The van der Waals surface area contributed by atoms with Crippen LogP contribution in [0.2, 0.25) is 0 Å². The number of halogens is 1. The highest BCUT2D eigenvalue weighted by Crippen LogP contribution is 2.29. The van der Waals surface area contributed by atoms with Crippen molar-refractivity contribution in [3.05, 3.63) is 54.1 Å². The van der Waals surface area contributed by atoms with E-state index >= 15 is 0 Å². The molecule has 0 bridgehead atoms. The number of thiazole rings is 1. The molecule has 1 heterocycles. The molecule has 25 heavy (non-hydrogen) atoms. The molecule has 3 aromatic rings. The van der Waals surface area contributed by atoms with E-state index in [0.717, 1.165) is 27.3 Å². The second kappa shape index (κ2) is 7.70. The predicted octanol–water partition coefficient (Wildman–Crippen LogP) is 3.28. The van der Waals surface area contributed by atoms with E-state index in [2.05, 4.69) is 10.3 Å². The number of aromatic nitrogens is 1. The Morgan fingerprint density at radius 1 is 1.20 bits per heavy atom. The van der Waals surface area contributed by atoms with Gasteiger partial charge in [-0.3, -0.25) is 0 Å². The first kappa shape index (κ1) is 18.1. The minimum atomic E-state index is -3.49. The van der Waals surface area contributed by atoms with E-state index in [0.29, 0.717) is 12.1 Å². The fourth-order valence-corrected chi connectivity index (χ4v) is 5.08. The lowest BCUT2D eigenvalue weighted by molar-refractivity contribution is 0.211. The van der Waals surface area contributed by atoms with Gasteiger partial charge in [-0.05, 0) is 23.8 Å². The van der Waals surface area contributed by atoms with Crippen molar-refractivity contribution in [3.8, 4) is 0 Å². The summed E-state index contributed by atoms with van der Waals surface area (Å²) in [5, 5.41) is 12.6. The van der Waals surface area contributed by atoms with Gasteiger partial charge >= 0.3 is 0 Å². The number of alkyl halides is 1. The Morgan fingerprint density at radius 2 is 1.96 bits per heavy atom. The van der Waals surface area contributed by atoms with E-state index in [4.69, 9.17) is 11.6 Å². The summed E-state index contributed by atoms with van der Waals surface area (Å²) >= 11 is 6.72. The van der Waals surface area contributed by atoms with Crippen LogP contribution in [0, 0.1) is 0 Å². The molecule has 0 spiro atoms. The lowest BCUT2D eigenvalue weighted by atomic mass is 10.2. The Balaban J connectivity index is 1.83. The van der Waals surface area contributed by atoms with Gasteiger partial charge < -0.3 is 10.4 Å². The first-order chi connectivity index (χ1) is 12.0. The highest BCUT2D eigenvalue weighted by Gasteiger charge is 2.20. The quantitative estimate of drug-likeness (QED) is 0.599. The number of hydrogen-bond acceptors (Lipinski definition) is 6. The Hall–Kier alpha value is -1.67. The van der Waals surface area contributed by atoms with Crippen LogP contribution < -0.4 is 5.32 Å². The van der Waals surface area contributed by atoms with Crippen molar-refractivity contribution >= 4 is 48.7 Å². The third-order valence-electron chi connectivity index (χ3n) is 3.55. The van der Waals surface area contributed by atoms with E-state index < -0.39 is 15.9 Å². The highest BCUT2D eigenvalue weighted by atomic mass is 35.5. The van der Waals surface area contributed by atoms with Gasteiger partial charge in [-0.25, -0.2) is 13.4 Å². The summed E-state index contributed by atoms with van der Waals surface area (Å²) in [6, 6.07) is 14.5. The highest BCUT2D eigenvalue weighted by molar-refractivity contribution is 7.92. The lowest BCUT2D eigenvalue weighted by Crippen LogP contribution is -2.20. The van der Waals surface area contributed by atoms with E-state index in [1.165, 1.54) is 0 Å². The molecule has 0 saturated heterocycles. The predicted molar refractivity (Wildman–Crippen MR) is 102 cm³/mol. The van der Waals surface area contributed by atoms with Gasteiger partial charge in [0.2, 0.25) is 14.2 Å². The summed E-state index contributed by atoms with van der Waals surface area (Å²) in [6.07, 6.45) is -0.638. The van der Waals surface area contributed by atoms with Crippen LogP contribution in [0.3, 0.4) is 0 Å². The van der Waals surface area contributed by atoms with Crippen molar-refractivity contribution in [2.24, 2.45) is 0 Å². The van der Waals surface area contributed by atoms with Crippen LogP contribution in [0.5, 0.6) is 0 Å². The van der Waals surface area contributed by atoms with Gasteiger partial charge in [0, 0.05) is 12.2 Å². The molecule has 3 rings (SSSR count). The number of aliphatic hydroxyl groups excluding tert-OH is 1. The summed E-state index contributed by atoms with van der Waals surface area (Å²) < 4.78 is 26.1. The molecule has 132 valence electrons. The second-order valence-electron chi connectivity index (χ2n) is 5.60. The summed E-state index contributed by atoms with van der Waals surface area (Å²) in [4.78, 5) is 4.27. The first-order valence-corrected chi connectivity index (χ1v) is 10.6. The molecule has 1 unspecified atom stereocenters. The van der Waals surface area contributed by atoms with Crippen molar-refractivity contribution in [2.75, 3.05) is 17.7 Å². The number of aliphatic hydroxyl groups is 1. The van der Waals surface area contributed by atoms with E-state index in [1.54, 1.807) is 24.3 Å². The van der Waals surface area contributed by atoms with Crippen LogP contribution in [0.15, 0.2) is 52.9 Å². The standard InChI is InChI=1S/C17H17ClN2O3S2/c18-9-14(21)10-19-13-6-7-15-16(8-13)24-17(20-15)25(22,23)11-12-4-2-1-3-5-12/h1-8,14,19,21H,9-11H2. The molecule has 5 nitrogen and oxygen atoms in total. The Labute approximate surface area is 155 Å². The van der Waals surface area contributed by atoms with Gasteiger partial charge in [-0.1, -0.05) is 30.3 Å². The Bertz CT molecular complexity index is 958. The third-order valence-corrected chi connectivity index (χ3v) is 7.07. The average molecular weight is 397 g/mol. The van der Waals surface area contributed by atoms with Crippen LogP contribution >= 0.6 is 22.9 Å². The van der Waals surface area contributed by atoms with Gasteiger partial charge in [0.15, 0.2) is 0 Å². The van der Waals surface area contributed by atoms with Crippen molar-refractivity contribution in [1.29, 1.82) is 0 Å². The van der Waals surface area contributed by atoms with Crippen LogP contribution in [0.25, 0.3) is 10.2 Å². The van der Waals surface area contributed by atoms with E-state index in [-0.39, 0.29) is 16.0 Å². The monoisotopic (exact) mass is 396 g/mol. The number of benzene rings is 2. The summed E-state index contributed by atoms with van der Waals surface area (Å²) in [5.74, 6) is 0.0817. The van der Waals surface area contributed by atoms with Crippen molar-refractivity contribution in [2.45, 2.75) is 16.2 Å². The van der Waals surface area contributed by atoms with Gasteiger partial charge in [0.1, 0.15) is 0 Å². The first-order valence-electron chi connectivity index (χ1n) is 7.63. The summed E-state index contributed by atoms with van der Waals surface area (Å²) in [6.45, 7) is 0.326. The molecular formula is C17H17ClN2O3S2. The number of anilines is 1. The van der Waals surface area contributed by atoms with Crippen LogP contribution in [-0.2, 0) is 15.6 Å². The number of sulfone groups is 1.